The maximum Gasteiger partial charge on any atom is 0.255 e. The van der Waals surface area contributed by atoms with Gasteiger partial charge in [0.25, 0.3) is 5.91 Å². The fraction of sp³-hybridized carbons (Fsp3) is 0.292. The third-order valence-electron chi connectivity index (χ3n) is 5.63. The van der Waals surface area contributed by atoms with E-state index in [-0.39, 0.29) is 36.8 Å². The Bertz CT molecular complexity index is 1260. The van der Waals surface area contributed by atoms with E-state index >= 15 is 0 Å². The monoisotopic (exact) mass is 435 g/mol. The molecule has 1 atom stereocenters. The first-order valence-electron chi connectivity index (χ1n) is 10.5. The lowest BCUT2D eigenvalue weighted by molar-refractivity contribution is 0.0898. The Morgan fingerprint density at radius 3 is 2.69 bits per heavy atom. The van der Waals surface area contributed by atoms with Crippen molar-refractivity contribution >= 4 is 16.9 Å². The molecule has 0 spiro atoms. The van der Waals surface area contributed by atoms with Gasteiger partial charge in [0.2, 0.25) is 0 Å². The van der Waals surface area contributed by atoms with Crippen molar-refractivity contribution in [2.75, 3.05) is 6.61 Å². The van der Waals surface area contributed by atoms with Crippen molar-refractivity contribution in [1.82, 2.24) is 24.6 Å². The number of halogens is 1. The summed E-state index contributed by atoms with van der Waals surface area (Å²) in [6.45, 7) is 3.97. The summed E-state index contributed by atoms with van der Waals surface area (Å²) in [4.78, 5) is 17.3. The quantitative estimate of drug-likeness (QED) is 0.466. The average Bonchev–Trinajstić information content (AvgIpc) is 3.37. The number of amides is 1. The van der Waals surface area contributed by atoms with Crippen LogP contribution in [0.1, 0.15) is 29.8 Å². The number of aromatic nitrogens is 4. The highest BCUT2D eigenvalue weighted by Gasteiger charge is 2.21. The van der Waals surface area contributed by atoms with Crippen LogP contribution < -0.4 is 5.32 Å². The molecule has 0 saturated carbocycles. The topological polar surface area (TPSA) is 85.0 Å². The number of nitrogens with one attached hydrogen (secondary N) is 1. The van der Waals surface area contributed by atoms with E-state index in [1.807, 2.05) is 43.8 Å². The summed E-state index contributed by atoms with van der Waals surface area (Å²) in [5.74, 6) is -0.562. The van der Waals surface area contributed by atoms with Crippen LogP contribution in [-0.2, 0) is 13.6 Å². The number of hydrogen-bond donors (Lipinski definition) is 2. The van der Waals surface area contributed by atoms with Crippen molar-refractivity contribution in [2.45, 2.75) is 26.4 Å². The Kier molecular flexibility index (Phi) is 6.05. The van der Waals surface area contributed by atoms with Gasteiger partial charge in [-0.25, -0.2) is 4.39 Å². The minimum Gasteiger partial charge on any atom is -0.394 e. The summed E-state index contributed by atoms with van der Waals surface area (Å²) >= 11 is 0. The van der Waals surface area contributed by atoms with Crippen LogP contribution in [-0.4, -0.2) is 43.0 Å². The third kappa shape index (κ3) is 4.27. The van der Waals surface area contributed by atoms with E-state index in [2.05, 4.69) is 15.4 Å². The van der Waals surface area contributed by atoms with Crippen LogP contribution in [0.5, 0.6) is 0 Å². The van der Waals surface area contributed by atoms with E-state index in [1.165, 1.54) is 6.07 Å². The highest BCUT2D eigenvalue weighted by atomic mass is 19.1. The number of carbonyl (C=O) groups excluding carboxylic acids is 1. The number of aliphatic hydroxyl groups excluding tert-OH is 1. The molecule has 1 amide bonds. The zero-order valence-electron chi connectivity index (χ0n) is 18.3. The molecule has 4 aromatic rings. The van der Waals surface area contributed by atoms with Crippen LogP contribution in [0.2, 0.25) is 0 Å². The lowest BCUT2D eigenvalue weighted by Gasteiger charge is -2.19. The van der Waals surface area contributed by atoms with Gasteiger partial charge in [-0.2, -0.15) is 5.10 Å². The third-order valence-corrected chi connectivity index (χ3v) is 5.63. The largest absolute Gasteiger partial charge is 0.394 e. The molecule has 8 heteroatoms. The van der Waals surface area contributed by atoms with E-state index in [9.17, 15) is 14.3 Å². The summed E-state index contributed by atoms with van der Waals surface area (Å²) in [6, 6.07) is 8.39. The second-order valence-corrected chi connectivity index (χ2v) is 8.26. The number of pyridine rings is 1. The Balaban J connectivity index is 1.65. The summed E-state index contributed by atoms with van der Waals surface area (Å²) in [6.07, 6.45) is 6.84. The second kappa shape index (κ2) is 8.92. The van der Waals surface area contributed by atoms with E-state index < -0.39 is 0 Å². The van der Waals surface area contributed by atoms with E-state index in [1.54, 1.807) is 35.4 Å². The molecule has 1 aromatic carbocycles. The minimum absolute atomic E-state index is 0.0812. The summed E-state index contributed by atoms with van der Waals surface area (Å²) < 4.78 is 18.4. The number of aryl methyl sites for hydroxylation is 1. The number of benzene rings is 1. The van der Waals surface area contributed by atoms with Gasteiger partial charge in [0.05, 0.1) is 36.5 Å². The molecular weight excluding hydrogens is 409 g/mol. The molecule has 4 rings (SSSR count). The van der Waals surface area contributed by atoms with Gasteiger partial charge in [-0.3, -0.25) is 14.5 Å². The molecule has 2 N–H and O–H groups in total. The lowest BCUT2D eigenvalue weighted by Crippen LogP contribution is -2.41. The highest BCUT2D eigenvalue weighted by Crippen LogP contribution is 2.25. The van der Waals surface area contributed by atoms with Gasteiger partial charge in [-0.1, -0.05) is 26.0 Å². The lowest BCUT2D eigenvalue weighted by atomic mass is 10.1. The van der Waals surface area contributed by atoms with Gasteiger partial charge in [0.15, 0.2) is 0 Å². The van der Waals surface area contributed by atoms with Crippen LogP contribution in [0.4, 0.5) is 4.39 Å². The normalized spacial score (nSPS) is 12.4. The molecule has 166 valence electrons. The number of nitrogens with zero attached hydrogens (tertiary/aromatic N) is 4. The zero-order valence-corrected chi connectivity index (χ0v) is 18.3. The first-order chi connectivity index (χ1) is 15.4. The van der Waals surface area contributed by atoms with Gasteiger partial charge in [-0.05, 0) is 29.7 Å². The fourth-order valence-electron chi connectivity index (χ4n) is 3.70. The van der Waals surface area contributed by atoms with Crippen LogP contribution in [0.15, 0.2) is 55.1 Å². The smallest absolute Gasteiger partial charge is 0.255 e. The average molecular weight is 436 g/mol. The highest BCUT2D eigenvalue weighted by molar-refractivity contribution is 6.05. The van der Waals surface area contributed by atoms with Gasteiger partial charge < -0.3 is 15.0 Å². The Hall–Kier alpha value is -3.52. The predicted octanol–water partition coefficient (Wildman–Crippen LogP) is 3.37. The van der Waals surface area contributed by atoms with Crippen LogP contribution >= 0.6 is 0 Å². The van der Waals surface area contributed by atoms with Gasteiger partial charge in [-0.15, -0.1) is 0 Å². The number of fused-ring (bicyclic) bond motifs is 1. The number of rotatable bonds is 7. The molecule has 3 heterocycles. The van der Waals surface area contributed by atoms with Crippen molar-refractivity contribution < 1.29 is 14.3 Å². The molecule has 1 unspecified atom stereocenters. The Morgan fingerprint density at radius 2 is 2.03 bits per heavy atom. The van der Waals surface area contributed by atoms with E-state index in [4.69, 9.17) is 0 Å². The van der Waals surface area contributed by atoms with Gasteiger partial charge >= 0.3 is 0 Å². The van der Waals surface area contributed by atoms with Crippen molar-refractivity contribution in [1.29, 1.82) is 0 Å². The molecule has 0 aliphatic rings. The summed E-state index contributed by atoms with van der Waals surface area (Å²) in [5.41, 5.74) is 3.77. The van der Waals surface area contributed by atoms with Crippen molar-refractivity contribution in [3.05, 3.63) is 72.1 Å². The number of aliphatic hydroxyl groups is 1. The fourth-order valence-corrected chi connectivity index (χ4v) is 3.70. The van der Waals surface area contributed by atoms with Gasteiger partial charge in [0.1, 0.15) is 11.3 Å². The second-order valence-electron chi connectivity index (χ2n) is 8.26. The molecule has 32 heavy (non-hydrogen) atoms. The maximum atomic E-state index is 14.9. The van der Waals surface area contributed by atoms with Crippen molar-refractivity contribution in [2.24, 2.45) is 13.0 Å². The van der Waals surface area contributed by atoms with Crippen molar-refractivity contribution in [3.63, 3.8) is 0 Å². The molecule has 0 aliphatic heterocycles. The maximum absolute atomic E-state index is 14.9. The van der Waals surface area contributed by atoms with Crippen LogP contribution in [0.3, 0.4) is 0 Å². The molecular formula is C24H26FN5O2. The molecule has 0 saturated heterocycles. The Labute approximate surface area is 185 Å². The predicted molar refractivity (Wildman–Crippen MR) is 121 cm³/mol. The first-order valence-corrected chi connectivity index (χ1v) is 10.5. The summed E-state index contributed by atoms with van der Waals surface area (Å²) in [7, 11) is 1.82. The molecule has 0 fully saturated rings. The first kappa shape index (κ1) is 21.7. The van der Waals surface area contributed by atoms with E-state index in [0.717, 1.165) is 16.6 Å². The number of carbonyl (C=O) groups is 1. The van der Waals surface area contributed by atoms with Crippen LogP contribution in [0.25, 0.3) is 22.2 Å². The standard InChI is InChI=1S/C24H26FN5O2/c1-15(2)21(14-31)28-24(32)19-13-30(22-5-4-8-26-23(19)22)12-17-7-6-16(9-20(17)25)18-10-27-29(3)11-18/h4-11,13,15,21,31H,12,14H2,1-3H3,(H,28,32). The molecule has 3 aromatic heterocycles. The molecule has 7 nitrogen and oxygen atoms in total. The Morgan fingerprint density at radius 1 is 1.22 bits per heavy atom. The molecule has 0 radical (unpaired) electrons. The minimum atomic E-state index is -0.359. The van der Waals surface area contributed by atoms with E-state index in [0.29, 0.717) is 16.6 Å². The van der Waals surface area contributed by atoms with Crippen LogP contribution in [0, 0.1) is 11.7 Å². The SMILES string of the molecule is CC(C)C(CO)NC(=O)c1cn(Cc2ccc(-c3cnn(C)c3)cc2F)c2cccnc12. The molecule has 0 bridgehead atoms. The van der Waals surface area contributed by atoms with Crippen molar-refractivity contribution in [3.8, 4) is 11.1 Å². The van der Waals surface area contributed by atoms with Gasteiger partial charge in [0, 0.05) is 36.8 Å². The zero-order chi connectivity index (χ0) is 22.8. The number of hydrogen-bond acceptors (Lipinski definition) is 4. The summed E-state index contributed by atoms with van der Waals surface area (Å²) in [5, 5.41) is 16.6. The molecule has 0 aliphatic carbocycles.